The molecule has 0 aliphatic heterocycles. The third-order valence-corrected chi connectivity index (χ3v) is 5.41. The lowest BCUT2D eigenvalue weighted by Gasteiger charge is -2.11. The van der Waals surface area contributed by atoms with Gasteiger partial charge in [-0.2, -0.15) is 0 Å². The van der Waals surface area contributed by atoms with Crippen molar-refractivity contribution in [1.29, 1.82) is 0 Å². The zero-order valence-corrected chi connectivity index (χ0v) is 15.8. The van der Waals surface area contributed by atoms with Crippen LogP contribution < -0.4 is 4.72 Å². The fraction of sp³-hybridized carbons (Fsp3) is 0.158. The maximum Gasteiger partial charge on any atom is 0.339 e. The van der Waals surface area contributed by atoms with Crippen LogP contribution in [0.1, 0.15) is 21.8 Å². The van der Waals surface area contributed by atoms with Crippen LogP contribution in [0.3, 0.4) is 0 Å². The Morgan fingerprint density at radius 1 is 1.11 bits per heavy atom. The number of benzene rings is 2. The van der Waals surface area contributed by atoms with Gasteiger partial charge in [0.05, 0.1) is 18.4 Å². The molecule has 0 aliphatic carbocycles. The molecule has 2 aromatic carbocycles. The van der Waals surface area contributed by atoms with E-state index in [1.165, 1.54) is 25.3 Å². The molecule has 0 saturated carbocycles. The number of anilines is 1. The highest BCUT2D eigenvalue weighted by Gasteiger charge is 2.23. The molecule has 1 N–H and O–H groups in total. The summed E-state index contributed by atoms with van der Waals surface area (Å²) in [6, 6.07) is 12.5. The fourth-order valence-electron chi connectivity index (χ4n) is 2.50. The number of sulfonamides is 1. The van der Waals surface area contributed by atoms with Crippen LogP contribution in [0.5, 0.6) is 0 Å². The number of methoxy groups -OCH3 is 1. The molecule has 0 radical (unpaired) electrons. The number of esters is 1. The minimum atomic E-state index is -4.00. The number of nitrogens with one attached hydrogen (secondary N) is 1. The summed E-state index contributed by atoms with van der Waals surface area (Å²) < 4.78 is 38.3. The Morgan fingerprint density at radius 2 is 1.85 bits per heavy atom. The predicted octanol–water partition coefficient (Wildman–Crippen LogP) is 3.55. The van der Waals surface area contributed by atoms with Crippen molar-refractivity contribution in [3.05, 3.63) is 65.5 Å². The second-order valence-electron chi connectivity index (χ2n) is 5.83. The molecule has 0 amide bonds. The van der Waals surface area contributed by atoms with Gasteiger partial charge in [0.1, 0.15) is 10.7 Å². The van der Waals surface area contributed by atoms with E-state index in [0.717, 1.165) is 5.69 Å². The van der Waals surface area contributed by atoms with E-state index in [9.17, 15) is 13.2 Å². The first-order valence-electron chi connectivity index (χ1n) is 8.06. The summed E-state index contributed by atoms with van der Waals surface area (Å²) in [5.74, 6) is 0.374. The highest BCUT2D eigenvalue weighted by atomic mass is 32.2. The summed E-state index contributed by atoms with van der Waals surface area (Å²) in [5.41, 5.74) is 1.68. The largest absolute Gasteiger partial charge is 0.465 e. The smallest absolute Gasteiger partial charge is 0.339 e. The predicted molar refractivity (Wildman–Crippen MR) is 100 cm³/mol. The highest BCUT2D eigenvalue weighted by Crippen LogP contribution is 2.26. The average molecular weight is 386 g/mol. The molecule has 0 unspecified atom stereocenters. The summed E-state index contributed by atoms with van der Waals surface area (Å²) in [7, 11) is -2.81. The summed E-state index contributed by atoms with van der Waals surface area (Å²) >= 11 is 0. The summed E-state index contributed by atoms with van der Waals surface area (Å²) in [6.45, 7) is 3.64. The molecule has 140 valence electrons. The van der Waals surface area contributed by atoms with Gasteiger partial charge in [0.2, 0.25) is 5.89 Å². The summed E-state index contributed by atoms with van der Waals surface area (Å²) in [5, 5.41) is 0. The molecule has 0 saturated heterocycles. The molecule has 0 atom stereocenters. The molecule has 3 rings (SSSR count). The molecule has 0 aliphatic rings. The van der Waals surface area contributed by atoms with Crippen molar-refractivity contribution < 1.29 is 22.4 Å². The Hall–Kier alpha value is -3.13. The third-order valence-electron chi connectivity index (χ3n) is 3.97. The molecule has 1 aromatic heterocycles. The topological polar surface area (TPSA) is 98.5 Å². The number of nitrogens with zero attached hydrogens (tertiary/aromatic N) is 1. The van der Waals surface area contributed by atoms with Gasteiger partial charge in [-0.3, -0.25) is 4.72 Å². The Balaban J connectivity index is 1.96. The van der Waals surface area contributed by atoms with Gasteiger partial charge in [0.25, 0.3) is 10.0 Å². The van der Waals surface area contributed by atoms with Crippen LogP contribution in [0, 0.1) is 13.8 Å². The number of oxazole rings is 1. The van der Waals surface area contributed by atoms with Gasteiger partial charge in [-0.15, -0.1) is 0 Å². The van der Waals surface area contributed by atoms with Crippen LogP contribution in [-0.2, 0) is 14.8 Å². The summed E-state index contributed by atoms with van der Waals surface area (Å²) in [6.07, 6.45) is 0. The monoisotopic (exact) mass is 386 g/mol. The minimum Gasteiger partial charge on any atom is -0.465 e. The van der Waals surface area contributed by atoms with E-state index in [0.29, 0.717) is 22.9 Å². The van der Waals surface area contributed by atoms with Gasteiger partial charge < -0.3 is 9.15 Å². The summed E-state index contributed by atoms with van der Waals surface area (Å²) in [4.78, 5) is 16.0. The Bertz CT molecular complexity index is 1080. The zero-order chi connectivity index (χ0) is 19.6. The van der Waals surface area contributed by atoms with Crippen molar-refractivity contribution in [3.63, 3.8) is 0 Å². The highest BCUT2D eigenvalue weighted by molar-refractivity contribution is 7.92. The van der Waals surface area contributed by atoms with Crippen molar-refractivity contribution in [1.82, 2.24) is 4.98 Å². The molecule has 7 nitrogen and oxygen atoms in total. The second kappa shape index (κ2) is 7.24. The normalized spacial score (nSPS) is 11.2. The first-order valence-corrected chi connectivity index (χ1v) is 9.55. The van der Waals surface area contributed by atoms with E-state index in [2.05, 4.69) is 14.4 Å². The maximum atomic E-state index is 12.8. The molecule has 0 bridgehead atoms. The molecule has 1 heterocycles. The van der Waals surface area contributed by atoms with E-state index >= 15 is 0 Å². The van der Waals surface area contributed by atoms with Gasteiger partial charge in [-0.05, 0) is 44.2 Å². The lowest BCUT2D eigenvalue weighted by Crippen LogP contribution is -2.17. The number of hydrogen-bond donors (Lipinski definition) is 1. The van der Waals surface area contributed by atoms with Gasteiger partial charge >= 0.3 is 5.97 Å². The van der Waals surface area contributed by atoms with E-state index < -0.39 is 16.0 Å². The quantitative estimate of drug-likeness (QED) is 0.674. The Labute approximate surface area is 157 Å². The first kappa shape index (κ1) is 18.7. The number of aromatic nitrogens is 1. The van der Waals surface area contributed by atoms with E-state index in [1.807, 2.05) is 13.8 Å². The Kier molecular flexibility index (Phi) is 5.00. The minimum absolute atomic E-state index is 0.0393. The maximum absolute atomic E-state index is 12.8. The standard InChI is InChI=1S/C19H18N2O5S/c1-12-13(2)26-18(20-12)14-7-6-8-15(11-14)21-27(23,24)17-10-5-4-9-16(17)19(22)25-3/h4-11,21H,1-3H3. The van der Waals surface area contributed by atoms with Crippen LogP contribution in [0.25, 0.3) is 11.5 Å². The molecule has 0 fully saturated rings. The molecular formula is C19H18N2O5S. The second-order valence-corrected chi connectivity index (χ2v) is 7.49. The van der Waals surface area contributed by atoms with Crippen molar-refractivity contribution in [2.45, 2.75) is 18.7 Å². The van der Waals surface area contributed by atoms with Crippen LogP contribution in [-0.4, -0.2) is 26.5 Å². The number of ether oxygens (including phenoxy) is 1. The fourth-order valence-corrected chi connectivity index (χ4v) is 3.75. The lowest BCUT2D eigenvalue weighted by molar-refractivity contribution is 0.0596. The number of rotatable bonds is 5. The lowest BCUT2D eigenvalue weighted by atomic mass is 10.2. The number of hydrogen-bond acceptors (Lipinski definition) is 6. The molecular weight excluding hydrogens is 368 g/mol. The number of carbonyl (C=O) groups excluding carboxylic acids is 1. The van der Waals surface area contributed by atoms with Crippen LogP contribution in [0.15, 0.2) is 57.8 Å². The van der Waals surface area contributed by atoms with Crippen molar-refractivity contribution in [2.75, 3.05) is 11.8 Å². The molecule has 27 heavy (non-hydrogen) atoms. The van der Waals surface area contributed by atoms with E-state index in [1.54, 1.807) is 30.3 Å². The number of carbonyl (C=O) groups is 1. The third kappa shape index (κ3) is 3.85. The van der Waals surface area contributed by atoms with Gasteiger partial charge in [-0.1, -0.05) is 18.2 Å². The molecule has 3 aromatic rings. The van der Waals surface area contributed by atoms with E-state index in [-0.39, 0.29) is 10.5 Å². The van der Waals surface area contributed by atoms with Gasteiger partial charge in [-0.25, -0.2) is 18.2 Å². The number of aryl methyl sites for hydroxylation is 2. The van der Waals surface area contributed by atoms with Crippen LogP contribution in [0.4, 0.5) is 5.69 Å². The Morgan fingerprint density at radius 3 is 2.52 bits per heavy atom. The van der Waals surface area contributed by atoms with Crippen LogP contribution >= 0.6 is 0 Å². The molecule has 8 heteroatoms. The van der Waals surface area contributed by atoms with Crippen LogP contribution in [0.2, 0.25) is 0 Å². The van der Waals surface area contributed by atoms with Gasteiger partial charge in [0.15, 0.2) is 0 Å². The van der Waals surface area contributed by atoms with Crippen molar-refractivity contribution >= 4 is 21.7 Å². The van der Waals surface area contributed by atoms with Gasteiger partial charge in [0, 0.05) is 11.3 Å². The first-order chi connectivity index (χ1) is 12.8. The van der Waals surface area contributed by atoms with E-state index in [4.69, 9.17) is 4.42 Å². The van der Waals surface area contributed by atoms with Crippen molar-refractivity contribution in [2.24, 2.45) is 0 Å². The zero-order valence-electron chi connectivity index (χ0n) is 15.0. The average Bonchev–Trinajstić information content (AvgIpc) is 3.00. The SMILES string of the molecule is COC(=O)c1ccccc1S(=O)(=O)Nc1cccc(-c2nc(C)c(C)o2)c1. The van der Waals surface area contributed by atoms with Crippen molar-refractivity contribution in [3.8, 4) is 11.5 Å². The molecule has 0 spiro atoms.